The van der Waals surface area contributed by atoms with Crippen LogP contribution in [0.4, 0.5) is 5.69 Å². The molecule has 5 nitrogen and oxygen atoms in total. The fourth-order valence-electron chi connectivity index (χ4n) is 2.97. The molecule has 1 aliphatic heterocycles. The first-order valence-corrected chi connectivity index (χ1v) is 8.20. The van der Waals surface area contributed by atoms with Crippen molar-refractivity contribution in [1.29, 1.82) is 0 Å². The van der Waals surface area contributed by atoms with E-state index in [9.17, 15) is 0 Å². The number of nitrogens with zero attached hydrogens (tertiary/aromatic N) is 4. The first-order valence-electron chi connectivity index (χ1n) is 8.20. The van der Waals surface area contributed by atoms with E-state index in [1.54, 1.807) is 0 Å². The summed E-state index contributed by atoms with van der Waals surface area (Å²) >= 11 is 0. The number of rotatable bonds is 4. The van der Waals surface area contributed by atoms with Gasteiger partial charge in [-0.25, -0.2) is 0 Å². The maximum Gasteiger partial charge on any atom is 0.258 e. The molecule has 0 fully saturated rings. The number of benzene rings is 2. The first kappa shape index (κ1) is 14.8. The summed E-state index contributed by atoms with van der Waals surface area (Å²) in [7, 11) is 0. The molecule has 0 saturated heterocycles. The van der Waals surface area contributed by atoms with Gasteiger partial charge in [-0.2, -0.15) is 15.2 Å². The van der Waals surface area contributed by atoms with Gasteiger partial charge < -0.3 is 4.52 Å². The van der Waals surface area contributed by atoms with Gasteiger partial charge in [0.25, 0.3) is 5.89 Å². The number of hydrogen-bond acceptors (Lipinski definition) is 5. The lowest BCUT2D eigenvalue weighted by molar-refractivity contribution is 0.432. The van der Waals surface area contributed by atoms with E-state index in [4.69, 9.17) is 4.52 Å². The lowest BCUT2D eigenvalue weighted by atomic mass is 10.0. The van der Waals surface area contributed by atoms with Gasteiger partial charge in [0.2, 0.25) is 5.82 Å². The standard InChI is InChI=1S/C19H18N4O/c1-3-5-16-15-9-8-14(11-17(15)22-21-16)19-20-18(23-24-19)13-7-4-6-12(2)10-13/h4,6-11,16H,3,5H2,1-2H3. The van der Waals surface area contributed by atoms with E-state index in [1.807, 2.05) is 43.3 Å². The molecule has 4 rings (SSSR count). The van der Waals surface area contributed by atoms with Gasteiger partial charge in [-0.15, -0.1) is 0 Å². The Morgan fingerprint density at radius 1 is 1.08 bits per heavy atom. The highest BCUT2D eigenvalue weighted by atomic mass is 16.5. The summed E-state index contributed by atoms with van der Waals surface area (Å²) in [5.74, 6) is 1.10. The van der Waals surface area contributed by atoms with Gasteiger partial charge in [-0.05, 0) is 31.5 Å². The molecule has 0 N–H and O–H groups in total. The lowest BCUT2D eigenvalue weighted by Gasteiger charge is -2.05. The molecule has 0 radical (unpaired) electrons. The summed E-state index contributed by atoms with van der Waals surface area (Å²) in [4.78, 5) is 4.52. The number of azo groups is 1. The summed E-state index contributed by atoms with van der Waals surface area (Å²) in [6, 6.07) is 14.3. The summed E-state index contributed by atoms with van der Waals surface area (Å²) < 4.78 is 5.45. The predicted molar refractivity (Wildman–Crippen MR) is 92.1 cm³/mol. The predicted octanol–water partition coefficient (Wildman–Crippen LogP) is 5.65. The van der Waals surface area contributed by atoms with Crippen LogP contribution in [-0.2, 0) is 0 Å². The maximum absolute atomic E-state index is 5.45. The van der Waals surface area contributed by atoms with Crippen LogP contribution in [0.3, 0.4) is 0 Å². The van der Waals surface area contributed by atoms with Gasteiger partial charge in [0.1, 0.15) is 0 Å². The van der Waals surface area contributed by atoms with Crippen molar-refractivity contribution in [2.45, 2.75) is 32.7 Å². The third kappa shape index (κ3) is 2.62. The fourth-order valence-corrected chi connectivity index (χ4v) is 2.97. The molecule has 0 amide bonds. The van der Waals surface area contributed by atoms with Crippen LogP contribution in [0.1, 0.15) is 36.9 Å². The molecule has 120 valence electrons. The van der Waals surface area contributed by atoms with Crippen LogP contribution in [0.5, 0.6) is 0 Å². The molecule has 1 aliphatic rings. The van der Waals surface area contributed by atoms with E-state index in [0.29, 0.717) is 11.7 Å². The van der Waals surface area contributed by atoms with E-state index < -0.39 is 0 Å². The van der Waals surface area contributed by atoms with Crippen molar-refractivity contribution in [2.24, 2.45) is 10.2 Å². The second-order valence-electron chi connectivity index (χ2n) is 6.09. The molecule has 1 unspecified atom stereocenters. The van der Waals surface area contributed by atoms with Crippen LogP contribution < -0.4 is 0 Å². The van der Waals surface area contributed by atoms with Gasteiger partial charge in [-0.3, -0.25) is 0 Å². The Labute approximate surface area is 140 Å². The smallest absolute Gasteiger partial charge is 0.258 e. The zero-order chi connectivity index (χ0) is 16.5. The van der Waals surface area contributed by atoms with Crippen molar-refractivity contribution < 1.29 is 4.52 Å². The van der Waals surface area contributed by atoms with Crippen molar-refractivity contribution in [3.63, 3.8) is 0 Å². The third-order valence-electron chi connectivity index (χ3n) is 4.21. The molecular formula is C19H18N4O. The zero-order valence-electron chi connectivity index (χ0n) is 13.7. The molecule has 24 heavy (non-hydrogen) atoms. The van der Waals surface area contributed by atoms with Crippen molar-refractivity contribution in [3.05, 3.63) is 53.6 Å². The van der Waals surface area contributed by atoms with Crippen molar-refractivity contribution in [3.8, 4) is 22.8 Å². The van der Waals surface area contributed by atoms with Crippen molar-refractivity contribution in [2.75, 3.05) is 0 Å². The quantitative estimate of drug-likeness (QED) is 0.624. The molecular weight excluding hydrogens is 300 g/mol. The zero-order valence-corrected chi connectivity index (χ0v) is 13.7. The van der Waals surface area contributed by atoms with Crippen LogP contribution in [0.15, 0.2) is 57.2 Å². The van der Waals surface area contributed by atoms with Gasteiger partial charge in [0.15, 0.2) is 0 Å². The Bertz CT molecular complexity index is 913. The molecule has 3 aromatic rings. The Hall–Kier alpha value is -2.82. The second kappa shape index (κ2) is 6.00. The molecule has 0 bridgehead atoms. The van der Waals surface area contributed by atoms with E-state index in [-0.39, 0.29) is 6.04 Å². The Morgan fingerprint density at radius 3 is 2.83 bits per heavy atom. The minimum atomic E-state index is 0.185. The summed E-state index contributed by atoms with van der Waals surface area (Å²) in [6.07, 6.45) is 2.11. The second-order valence-corrected chi connectivity index (χ2v) is 6.09. The number of fused-ring (bicyclic) bond motifs is 1. The normalized spacial score (nSPS) is 15.7. The van der Waals surface area contributed by atoms with Crippen LogP contribution in [0.2, 0.25) is 0 Å². The van der Waals surface area contributed by atoms with E-state index in [1.165, 1.54) is 11.1 Å². The molecule has 1 aromatic heterocycles. The van der Waals surface area contributed by atoms with Crippen LogP contribution in [0.25, 0.3) is 22.8 Å². The minimum Gasteiger partial charge on any atom is -0.334 e. The Morgan fingerprint density at radius 2 is 2.00 bits per heavy atom. The van der Waals surface area contributed by atoms with E-state index in [0.717, 1.165) is 29.7 Å². The Kier molecular flexibility index (Phi) is 3.69. The highest BCUT2D eigenvalue weighted by molar-refractivity contribution is 5.66. The Balaban J connectivity index is 1.65. The average molecular weight is 318 g/mol. The summed E-state index contributed by atoms with van der Waals surface area (Å²) in [6.45, 7) is 4.20. The fraction of sp³-hybridized carbons (Fsp3) is 0.263. The van der Waals surface area contributed by atoms with E-state index in [2.05, 4.69) is 33.4 Å². The van der Waals surface area contributed by atoms with Gasteiger partial charge >= 0.3 is 0 Å². The topological polar surface area (TPSA) is 63.6 Å². The van der Waals surface area contributed by atoms with Crippen molar-refractivity contribution >= 4 is 5.69 Å². The average Bonchev–Trinajstić information content (AvgIpc) is 3.22. The highest BCUT2D eigenvalue weighted by Gasteiger charge is 2.21. The monoisotopic (exact) mass is 318 g/mol. The molecule has 2 heterocycles. The maximum atomic E-state index is 5.45. The SMILES string of the molecule is CCCC1N=Nc2cc(-c3nc(-c4cccc(C)c4)no3)ccc21. The molecule has 5 heteroatoms. The summed E-state index contributed by atoms with van der Waals surface area (Å²) in [5.41, 5.74) is 5.07. The van der Waals surface area contributed by atoms with Crippen molar-refractivity contribution in [1.82, 2.24) is 10.1 Å². The summed E-state index contributed by atoms with van der Waals surface area (Å²) in [5, 5.41) is 12.7. The van der Waals surface area contributed by atoms with Crippen LogP contribution in [0, 0.1) is 6.92 Å². The molecule has 1 atom stereocenters. The third-order valence-corrected chi connectivity index (χ3v) is 4.21. The van der Waals surface area contributed by atoms with Crippen LogP contribution >= 0.6 is 0 Å². The highest BCUT2D eigenvalue weighted by Crippen LogP contribution is 2.40. The molecule has 0 aliphatic carbocycles. The molecule has 0 saturated carbocycles. The number of hydrogen-bond donors (Lipinski definition) is 0. The van der Waals surface area contributed by atoms with Gasteiger partial charge in [0, 0.05) is 16.7 Å². The van der Waals surface area contributed by atoms with Gasteiger partial charge in [-0.1, -0.05) is 48.3 Å². The first-order chi connectivity index (χ1) is 11.7. The number of aryl methyl sites for hydroxylation is 1. The van der Waals surface area contributed by atoms with E-state index >= 15 is 0 Å². The largest absolute Gasteiger partial charge is 0.334 e. The lowest BCUT2D eigenvalue weighted by Crippen LogP contribution is -1.90. The molecule has 0 spiro atoms. The van der Waals surface area contributed by atoms with Crippen LogP contribution in [-0.4, -0.2) is 10.1 Å². The number of aromatic nitrogens is 2. The minimum absolute atomic E-state index is 0.185. The van der Waals surface area contributed by atoms with Gasteiger partial charge in [0.05, 0.1) is 11.7 Å². The molecule has 2 aromatic carbocycles.